The largest absolute Gasteiger partial charge is 0.312 e. The molecule has 0 fully saturated rings. The van der Waals surface area contributed by atoms with Crippen LogP contribution >= 0.6 is 11.3 Å². The van der Waals surface area contributed by atoms with Crippen LogP contribution in [0, 0.1) is 0 Å². The topological polar surface area (TPSA) is 37.4 Å². The Morgan fingerprint density at radius 3 is 2.60 bits per heavy atom. The van der Waals surface area contributed by atoms with Crippen molar-refractivity contribution in [2.24, 2.45) is 0 Å². The number of carbonyl (C=O) groups is 2. The second-order valence-corrected chi connectivity index (χ2v) is 6.07. The summed E-state index contributed by atoms with van der Waals surface area (Å²) < 4.78 is 0. The van der Waals surface area contributed by atoms with Gasteiger partial charge in [0.15, 0.2) is 5.78 Å². The fourth-order valence-electron chi connectivity index (χ4n) is 2.56. The number of amides is 1. The summed E-state index contributed by atoms with van der Waals surface area (Å²) in [5.41, 5.74) is 3.34. The van der Waals surface area contributed by atoms with E-state index in [1.807, 2.05) is 29.2 Å². The van der Waals surface area contributed by atoms with E-state index in [1.165, 1.54) is 16.9 Å². The molecule has 1 aliphatic rings. The third-order valence-electron chi connectivity index (χ3n) is 3.59. The number of Topliss-reactive ketones (excluding diaryl/α,β-unsaturated/α-hetero) is 1. The zero-order valence-electron chi connectivity index (χ0n) is 11.5. The van der Waals surface area contributed by atoms with Crippen molar-refractivity contribution >= 4 is 28.7 Å². The van der Waals surface area contributed by atoms with E-state index in [0.717, 1.165) is 34.0 Å². The third kappa shape index (κ3) is 2.16. The first-order valence-corrected chi connectivity index (χ1v) is 7.40. The highest BCUT2D eigenvalue weighted by molar-refractivity contribution is 7.17. The van der Waals surface area contributed by atoms with Crippen molar-refractivity contribution < 1.29 is 9.59 Å². The van der Waals surface area contributed by atoms with Gasteiger partial charge < -0.3 is 4.90 Å². The molecule has 1 amide bonds. The third-order valence-corrected chi connectivity index (χ3v) is 4.83. The maximum Gasteiger partial charge on any atom is 0.223 e. The number of carbonyl (C=O) groups excluding carboxylic acids is 2. The van der Waals surface area contributed by atoms with Crippen molar-refractivity contribution in [1.82, 2.24) is 0 Å². The number of rotatable bonds is 2. The quantitative estimate of drug-likeness (QED) is 0.792. The van der Waals surface area contributed by atoms with Gasteiger partial charge in [-0.2, -0.15) is 0 Å². The number of thiophene rings is 1. The predicted octanol–water partition coefficient (Wildman–Crippen LogP) is 3.53. The summed E-state index contributed by atoms with van der Waals surface area (Å²) in [5.74, 6) is 0.191. The van der Waals surface area contributed by atoms with Crippen LogP contribution in [0.4, 0.5) is 5.69 Å². The van der Waals surface area contributed by atoms with Crippen LogP contribution in [0.2, 0.25) is 0 Å². The van der Waals surface area contributed by atoms with Crippen molar-refractivity contribution in [3.8, 4) is 10.4 Å². The zero-order valence-corrected chi connectivity index (χ0v) is 12.3. The van der Waals surface area contributed by atoms with Gasteiger partial charge in [0.25, 0.3) is 0 Å². The lowest BCUT2D eigenvalue weighted by molar-refractivity contribution is -0.116. The number of benzene rings is 1. The molecule has 3 rings (SSSR count). The second kappa shape index (κ2) is 4.87. The molecule has 2 heterocycles. The average molecular weight is 285 g/mol. The number of ketones is 1. The van der Waals surface area contributed by atoms with Crippen molar-refractivity contribution in [3.05, 3.63) is 40.8 Å². The van der Waals surface area contributed by atoms with Crippen LogP contribution in [-0.2, 0) is 11.2 Å². The van der Waals surface area contributed by atoms with Crippen molar-refractivity contribution in [2.45, 2.75) is 20.3 Å². The second-order valence-electron chi connectivity index (χ2n) is 4.98. The molecular formula is C16H15NO2S. The SMILES string of the molecule is CC(=O)c1ccc(-c2ccc3c(c2)CCN3C(C)=O)s1. The Balaban J connectivity index is 1.97. The molecule has 0 saturated heterocycles. The summed E-state index contributed by atoms with van der Waals surface area (Å²) in [7, 11) is 0. The first-order valence-electron chi connectivity index (χ1n) is 6.58. The molecule has 0 saturated carbocycles. The summed E-state index contributed by atoms with van der Waals surface area (Å²) in [5, 5.41) is 0. The van der Waals surface area contributed by atoms with Crippen LogP contribution in [0.5, 0.6) is 0 Å². The van der Waals surface area contributed by atoms with Gasteiger partial charge in [0.2, 0.25) is 5.91 Å². The molecule has 4 heteroatoms. The molecular weight excluding hydrogens is 270 g/mol. The molecule has 1 aliphatic heterocycles. The van der Waals surface area contributed by atoms with E-state index in [0.29, 0.717) is 0 Å². The van der Waals surface area contributed by atoms with Gasteiger partial charge in [-0.15, -0.1) is 11.3 Å². The van der Waals surface area contributed by atoms with Gasteiger partial charge >= 0.3 is 0 Å². The number of fused-ring (bicyclic) bond motifs is 1. The van der Waals surface area contributed by atoms with Gasteiger partial charge in [0.1, 0.15) is 0 Å². The van der Waals surface area contributed by atoms with Crippen LogP contribution in [-0.4, -0.2) is 18.2 Å². The molecule has 0 aliphatic carbocycles. The highest BCUT2D eigenvalue weighted by Crippen LogP contribution is 2.35. The summed E-state index contributed by atoms with van der Waals surface area (Å²) >= 11 is 1.52. The Morgan fingerprint density at radius 2 is 1.95 bits per heavy atom. The maximum absolute atomic E-state index is 11.5. The fourth-order valence-corrected chi connectivity index (χ4v) is 3.46. The first kappa shape index (κ1) is 13.1. The molecule has 1 aromatic carbocycles. The van der Waals surface area contributed by atoms with Gasteiger partial charge in [-0.3, -0.25) is 9.59 Å². The molecule has 0 bridgehead atoms. The maximum atomic E-state index is 11.5. The number of hydrogen-bond donors (Lipinski definition) is 0. The lowest BCUT2D eigenvalue weighted by Gasteiger charge is -2.14. The number of anilines is 1. The lowest BCUT2D eigenvalue weighted by atomic mass is 10.1. The molecule has 102 valence electrons. The van der Waals surface area contributed by atoms with E-state index in [1.54, 1.807) is 13.8 Å². The Hall–Kier alpha value is -1.94. The molecule has 0 atom stereocenters. The van der Waals surface area contributed by atoms with Crippen LogP contribution in [0.15, 0.2) is 30.3 Å². The van der Waals surface area contributed by atoms with Gasteiger partial charge in [-0.05, 0) is 48.7 Å². The van der Waals surface area contributed by atoms with Crippen LogP contribution in [0.25, 0.3) is 10.4 Å². The van der Waals surface area contributed by atoms with Crippen molar-refractivity contribution in [2.75, 3.05) is 11.4 Å². The van der Waals surface area contributed by atoms with Gasteiger partial charge in [-0.25, -0.2) is 0 Å². The van der Waals surface area contributed by atoms with E-state index in [2.05, 4.69) is 6.07 Å². The van der Waals surface area contributed by atoms with Gasteiger partial charge in [-0.1, -0.05) is 6.07 Å². The molecule has 0 radical (unpaired) electrons. The summed E-state index contributed by atoms with van der Waals surface area (Å²) in [6.45, 7) is 3.95. The minimum Gasteiger partial charge on any atom is -0.312 e. The number of nitrogens with zero attached hydrogens (tertiary/aromatic N) is 1. The zero-order chi connectivity index (χ0) is 14.3. The van der Waals surface area contributed by atoms with E-state index >= 15 is 0 Å². The highest BCUT2D eigenvalue weighted by atomic mass is 32.1. The van der Waals surface area contributed by atoms with Crippen molar-refractivity contribution in [1.29, 1.82) is 0 Å². The first-order chi connectivity index (χ1) is 9.56. The van der Waals surface area contributed by atoms with Gasteiger partial charge in [0, 0.05) is 24.0 Å². The van der Waals surface area contributed by atoms with E-state index in [-0.39, 0.29) is 11.7 Å². The average Bonchev–Trinajstić information content (AvgIpc) is 3.04. The minimum absolute atomic E-state index is 0.0893. The number of hydrogen-bond acceptors (Lipinski definition) is 3. The summed E-state index contributed by atoms with van der Waals surface area (Å²) in [6, 6.07) is 10.0. The fraction of sp³-hybridized carbons (Fsp3) is 0.250. The molecule has 1 aromatic heterocycles. The molecule has 0 spiro atoms. The molecule has 20 heavy (non-hydrogen) atoms. The molecule has 2 aromatic rings. The van der Waals surface area contributed by atoms with E-state index in [4.69, 9.17) is 0 Å². The van der Waals surface area contributed by atoms with Gasteiger partial charge in [0.05, 0.1) is 4.88 Å². The Kier molecular flexibility index (Phi) is 3.18. The highest BCUT2D eigenvalue weighted by Gasteiger charge is 2.22. The standard InChI is InChI=1S/C16H15NO2S/c1-10(18)15-5-6-16(20-15)13-3-4-14-12(9-13)7-8-17(14)11(2)19/h3-6,9H,7-8H2,1-2H3. The summed E-state index contributed by atoms with van der Waals surface area (Å²) in [6.07, 6.45) is 0.897. The Bertz CT molecular complexity index is 702. The van der Waals surface area contributed by atoms with Crippen molar-refractivity contribution in [3.63, 3.8) is 0 Å². The lowest BCUT2D eigenvalue weighted by Crippen LogP contribution is -2.25. The Labute approximate surface area is 121 Å². The van der Waals surface area contributed by atoms with Crippen LogP contribution < -0.4 is 4.90 Å². The van der Waals surface area contributed by atoms with E-state index in [9.17, 15) is 9.59 Å². The molecule has 0 unspecified atom stereocenters. The normalized spacial score (nSPS) is 13.4. The molecule has 3 nitrogen and oxygen atoms in total. The predicted molar refractivity (Wildman–Crippen MR) is 81.5 cm³/mol. The Morgan fingerprint density at radius 1 is 1.15 bits per heavy atom. The van der Waals surface area contributed by atoms with Crippen LogP contribution in [0.1, 0.15) is 29.1 Å². The van der Waals surface area contributed by atoms with Crippen LogP contribution in [0.3, 0.4) is 0 Å². The van der Waals surface area contributed by atoms with E-state index < -0.39 is 0 Å². The monoisotopic (exact) mass is 285 g/mol. The summed E-state index contributed by atoms with van der Waals surface area (Å²) in [4.78, 5) is 26.6. The smallest absolute Gasteiger partial charge is 0.223 e. The minimum atomic E-state index is 0.0893. The molecule has 0 N–H and O–H groups in total.